The van der Waals surface area contributed by atoms with E-state index < -0.39 is 76.4 Å². The molecule has 7 rings (SSSR count). The maximum Gasteiger partial charge on any atom is 0.417 e. The van der Waals surface area contributed by atoms with Gasteiger partial charge in [-0.25, -0.2) is 18.7 Å². The first-order valence-electron chi connectivity index (χ1n) is 22.5. The number of alkyl halides is 4. The van der Waals surface area contributed by atoms with E-state index in [9.17, 15) is 37.5 Å². The number of amidine groups is 1. The second kappa shape index (κ2) is 20.7. The van der Waals surface area contributed by atoms with E-state index in [4.69, 9.17) is 31.5 Å². The summed E-state index contributed by atoms with van der Waals surface area (Å²) in [6, 6.07) is 7.35. The minimum atomic E-state index is -4.93. The summed E-state index contributed by atoms with van der Waals surface area (Å²) in [5.74, 6) is -1.98. The molecule has 0 unspecified atom stereocenters. The summed E-state index contributed by atoms with van der Waals surface area (Å²) in [4.78, 5) is 45.2. The van der Waals surface area contributed by atoms with E-state index in [0.29, 0.717) is 29.8 Å². The summed E-state index contributed by atoms with van der Waals surface area (Å²) in [6.07, 6.45) is -2.21. The molecule has 376 valence electrons. The number of aliphatic hydroxyl groups is 1. The first kappa shape index (κ1) is 52.4. The summed E-state index contributed by atoms with van der Waals surface area (Å²) >= 11 is 7.16. The number of nitriles is 1. The highest BCUT2D eigenvalue weighted by Crippen LogP contribution is 2.43. The van der Waals surface area contributed by atoms with Gasteiger partial charge in [0.2, 0.25) is 17.7 Å². The van der Waals surface area contributed by atoms with Crippen LogP contribution in [0.4, 0.5) is 33.3 Å². The number of carbonyl (C=O) groups is 2. The average molecular weight is 1020 g/mol. The van der Waals surface area contributed by atoms with Crippen LogP contribution in [0.3, 0.4) is 0 Å². The summed E-state index contributed by atoms with van der Waals surface area (Å²) in [5, 5.41) is 31.8. The number of halogens is 5. The predicted molar refractivity (Wildman–Crippen MR) is 259 cm³/mol. The molecular weight excluding hydrogens is 970 g/mol. The van der Waals surface area contributed by atoms with E-state index in [-0.39, 0.29) is 72.2 Å². The number of oxazole rings is 1. The van der Waals surface area contributed by atoms with Gasteiger partial charge in [0.15, 0.2) is 10.9 Å². The zero-order chi connectivity index (χ0) is 51.7. The molecule has 22 heteroatoms. The van der Waals surface area contributed by atoms with Crippen molar-refractivity contribution in [1.82, 2.24) is 25.2 Å². The van der Waals surface area contributed by atoms with Crippen LogP contribution < -0.4 is 19.9 Å². The standard InChI is InChI=1S/C49H52F5N9O6S2/c1-26-33(19-50)28(20-55)10-13-37(26)62-45(56)48(6,7)63(46(62)70)29-16-35(51)40(57-21-29)32-12-11-31(18-34(32)49(52,53)54)68-15-9-8-14-67-24-39(65)60-42(47(3,4)5)44(66)61-22-30(64)17-38(61)43-59-36(23-69-43)41-27(2)58-25-71-41/h10-13,16,18,21,23,25,30,38,42,56,64H,8-9,14-15,17,19,22,24H2,1-7H3,(H,60,65)/t30-,38+,42-/m1/s1. The lowest BCUT2D eigenvalue weighted by atomic mass is 9.85. The second-order valence-corrected chi connectivity index (χ2v) is 20.0. The fourth-order valence-corrected chi connectivity index (χ4v) is 9.88. The number of pyridine rings is 1. The van der Waals surface area contributed by atoms with E-state index in [1.807, 2.05) is 13.0 Å². The van der Waals surface area contributed by atoms with Crippen molar-refractivity contribution in [3.05, 3.63) is 94.0 Å². The van der Waals surface area contributed by atoms with Gasteiger partial charge in [0.05, 0.1) is 69.1 Å². The van der Waals surface area contributed by atoms with Crippen LogP contribution >= 0.6 is 23.6 Å². The number of thiazole rings is 1. The van der Waals surface area contributed by atoms with E-state index in [1.165, 1.54) is 50.5 Å². The fraction of sp³-hybridized carbons (Fsp3) is 0.429. The number of hydrogen-bond acceptors (Lipinski definition) is 13. The van der Waals surface area contributed by atoms with Crippen LogP contribution in [0, 0.1) is 41.8 Å². The number of hydrogen-bond donors (Lipinski definition) is 3. The summed E-state index contributed by atoms with van der Waals surface area (Å²) in [5.41, 5.74) is -0.161. The Hall–Kier alpha value is -6.41. The molecule has 2 aromatic carbocycles. The van der Waals surface area contributed by atoms with Crippen LogP contribution in [0.5, 0.6) is 5.75 Å². The van der Waals surface area contributed by atoms with Gasteiger partial charge in [-0.2, -0.15) is 18.4 Å². The molecular formula is C49H52F5N9O6S2. The van der Waals surface area contributed by atoms with Crippen molar-refractivity contribution in [3.63, 3.8) is 0 Å². The Bertz CT molecular complexity index is 2890. The van der Waals surface area contributed by atoms with Gasteiger partial charge in [0.1, 0.15) is 54.6 Å². The van der Waals surface area contributed by atoms with E-state index in [1.54, 1.807) is 47.1 Å². The van der Waals surface area contributed by atoms with Crippen LogP contribution in [0.2, 0.25) is 0 Å². The molecule has 2 fully saturated rings. The van der Waals surface area contributed by atoms with Crippen LogP contribution in [-0.2, 0) is 27.2 Å². The largest absolute Gasteiger partial charge is 0.494 e. The lowest BCUT2D eigenvalue weighted by molar-refractivity contribution is -0.142. The monoisotopic (exact) mass is 1020 g/mol. The number of anilines is 2. The van der Waals surface area contributed by atoms with Crippen molar-refractivity contribution in [1.29, 1.82) is 10.7 Å². The normalized spacial score (nSPS) is 17.5. The Morgan fingerprint density at radius 1 is 1.13 bits per heavy atom. The molecule has 0 radical (unpaired) electrons. The van der Waals surface area contributed by atoms with Gasteiger partial charge in [0.25, 0.3) is 0 Å². The topological polar surface area (TPSA) is 194 Å². The van der Waals surface area contributed by atoms with Gasteiger partial charge in [-0.05, 0) is 94.1 Å². The van der Waals surface area contributed by atoms with Crippen LogP contribution in [0.25, 0.3) is 21.8 Å². The van der Waals surface area contributed by atoms with Crippen LogP contribution in [0.1, 0.15) is 93.8 Å². The third kappa shape index (κ3) is 10.8. The predicted octanol–water partition coefficient (Wildman–Crippen LogP) is 9.38. The number of likely N-dealkylation sites (tertiary alicyclic amines) is 1. The van der Waals surface area contributed by atoms with Gasteiger partial charge in [-0.15, -0.1) is 11.3 Å². The molecule has 3 atom stereocenters. The second-order valence-electron chi connectivity index (χ2n) is 18.8. The lowest BCUT2D eigenvalue weighted by Crippen LogP contribution is -2.55. The van der Waals surface area contributed by atoms with Crippen molar-refractivity contribution >= 4 is 57.7 Å². The highest BCUT2D eigenvalue weighted by Gasteiger charge is 2.49. The SMILES string of the molecule is Cc1ncsc1-c1coc([C@@H]2C[C@@H](O)CN2C(=O)[C@@H](NC(=O)COCCCCOc2ccc(-c3ncc(N4C(=S)N(c5ccc(C#N)c(CF)c5C)C(=N)C4(C)C)cc3F)c(C(F)(F)F)c2)C(C)(C)C)n1. The Morgan fingerprint density at radius 3 is 2.51 bits per heavy atom. The molecule has 71 heavy (non-hydrogen) atoms. The summed E-state index contributed by atoms with van der Waals surface area (Å²) < 4.78 is 90.6. The molecule has 5 aromatic rings. The lowest BCUT2D eigenvalue weighted by Gasteiger charge is -2.35. The van der Waals surface area contributed by atoms with Crippen molar-refractivity contribution in [3.8, 4) is 33.6 Å². The number of rotatable bonds is 16. The number of nitrogens with zero attached hydrogens (tertiary/aromatic N) is 7. The highest BCUT2D eigenvalue weighted by molar-refractivity contribution is 7.81. The maximum atomic E-state index is 16.0. The van der Waals surface area contributed by atoms with E-state index in [2.05, 4.69) is 20.3 Å². The third-order valence-electron chi connectivity index (χ3n) is 12.4. The number of benzene rings is 2. The van der Waals surface area contributed by atoms with Gasteiger partial charge in [-0.3, -0.25) is 24.9 Å². The Kier molecular flexibility index (Phi) is 15.3. The zero-order valence-corrected chi connectivity index (χ0v) is 41.5. The fourth-order valence-electron chi connectivity index (χ4n) is 8.60. The number of amides is 2. The van der Waals surface area contributed by atoms with Gasteiger partial charge < -0.3 is 34.1 Å². The molecule has 0 aliphatic carbocycles. The number of thiocarbonyl (C=S) groups is 1. The molecule has 5 heterocycles. The number of β-amino-alcohol motifs (C(OH)–C–C–N with tert-alkyl or cyclic N) is 1. The molecule has 3 aromatic heterocycles. The number of aliphatic hydroxyl groups excluding tert-OH is 1. The van der Waals surface area contributed by atoms with E-state index >= 15 is 4.39 Å². The Labute approximate surface area is 416 Å². The third-order valence-corrected chi connectivity index (χ3v) is 13.7. The number of aryl methyl sites for hydroxylation is 1. The maximum absolute atomic E-state index is 16.0. The first-order chi connectivity index (χ1) is 33.5. The number of carbonyl (C=O) groups excluding carboxylic acids is 2. The molecule has 2 amide bonds. The van der Waals surface area contributed by atoms with E-state index in [0.717, 1.165) is 35.0 Å². The number of aromatic nitrogens is 3. The number of nitrogens with one attached hydrogen (secondary N) is 2. The molecule has 3 N–H and O–H groups in total. The smallest absolute Gasteiger partial charge is 0.417 e. The van der Waals surface area contributed by atoms with Crippen LogP contribution in [-0.4, -0.2) is 91.8 Å². The molecule has 2 saturated heterocycles. The molecule has 15 nitrogen and oxygen atoms in total. The molecule has 2 aliphatic rings. The van der Waals surface area contributed by atoms with Gasteiger partial charge in [-0.1, -0.05) is 20.8 Å². The summed E-state index contributed by atoms with van der Waals surface area (Å²) in [6.45, 7) is 10.9. The number of ether oxygens (including phenoxy) is 2. The van der Waals surface area contributed by atoms with Crippen molar-refractivity contribution in [2.24, 2.45) is 5.41 Å². The molecule has 0 saturated carbocycles. The van der Waals surface area contributed by atoms with Crippen LogP contribution in [0.15, 0.2) is 58.8 Å². The Balaban J connectivity index is 0.932. The molecule has 2 aliphatic heterocycles. The summed E-state index contributed by atoms with van der Waals surface area (Å²) in [7, 11) is 0. The van der Waals surface area contributed by atoms with Crippen molar-refractivity contribution < 1.29 is 50.5 Å². The van der Waals surface area contributed by atoms with Gasteiger partial charge in [0, 0.05) is 36.8 Å². The highest BCUT2D eigenvalue weighted by atomic mass is 32.1. The molecule has 0 bridgehead atoms. The van der Waals surface area contributed by atoms with Crippen molar-refractivity contribution in [2.45, 2.75) is 104 Å². The van der Waals surface area contributed by atoms with Crippen molar-refractivity contribution in [2.75, 3.05) is 36.2 Å². The number of unbranched alkanes of at least 4 members (excludes halogenated alkanes) is 1. The Morgan fingerprint density at radius 2 is 1.86 bits per heavy atom. The first-order valence-corrected chi connectivity index (χ1v) is 23.8. The quantitative estimate of drug-likeness (QED) is 0.0481. The minimum Gasteiger partial charge on any atom is -0.494 e. The van der Waals surface area contributed by atoms with Gasteiger partial charge >= 0.3 is 6.18 Å². The molecule has 0 spiro atoms. The minimum absolute atomic E-state index is 0.00989. The average Bonchev–Trinajstić information content (AvgIpc) is 4.09. The zero-order valence-electron chi connectivity index (χ0n) is 39.9.